The quantitative estimate of drug-likeness (QED) is 0.459. The van der Waals surface area contributed by atoms with E-state index in [1.54, 1.807) is 0 Å². The molecule has 4 nitrogen and oxygen atoms in total. The van der Waals surface area contributed by atoms with E-state index in [0.29, 0.717) is 16.9 Å². The van der Waals surface area contributed by atoms with Crippen molar-refractivity contribution in [2.75, 3.05) is 5.32 Å². The van der Waals surface area contributed by atoms with Crippen LogP contribution in [0.5, 0.6) is 0 Å². The number of hydrogen-bond acceptors (Lipinski definition) is 2. The van der Waals surface area contributed by atoms with Gasteiger partial charge in [0.05, 0.1) is 0 Å². The molecular weight excluding hydrogens is 284 g/mol. The maximum atomic E-state index is 6.06. The number of aromatic amines is 1. The number of aromatic nitrogens is 2. The first kappa shape index (κ1) is 15.8. The first-order chi connectivity index (χ1) is 10.2. The van der Waals surface area contributed by atoms with Crippen LogP contribution >= 0.6 is 11.6 Å². The Bertz CT molecular complexity index is 536. The van der Waals surface area contributed by atoms with E-state index >= 15 is 0 Å². The number of aliphatic imine (C=N–C) groups is 1. The van der Waals surface area contributed by atoms with Crippen molar-refractivity contribution in [3.63, 3.8) is 0 Å². The van der Waals surface area contributed by atoms with Gasteiger partial charge in [0, 0.05) is 17.7 Å². The van der Waals surface area contributed by atoms with Crippen molar-refractivity contribution in [2.24, 2.45) is 4.99 Å². The summed E-state index contributed by atoms with van der Waals surface area (Å²) in [6, 6.07) is 2.08. The SMILES string of the molecule is C\C=C/C(=N\C(Cl)=C\CC)Nc1cc(C2CCCC2)[nH]n1. The second kappa shape index (κ2) is 8.03. The molecule has 1 fully saturated rings. The zero-order valence-corrected chi connectivity index (χ0v) is 13.5. The molecule has 0 spiro atoms. The Balaban J connectivity index is 2.08. The lowest BCUT2D eigenvalue weighted by Gasteiger charge is -2.04. The maximum Gasteiger partial charge on any atom is 0.153 e. The van der Waals surface area contributed by atoms with Crippen LogP contribution < -0.4 is 5.32 Å². The number of halogens is 1. The molecule has 1 aliphatic rings. The predicted molar refractivity (Wildman–Crippen MR) is 89.9 cm³/mol. The van der Waals surface area contributed by atoms with Crippen molar-refractivity contribution < 1.29 is 0 Å². The average molecular weight is 307 g/mol. The Morgan fingerprint density at radius 1 is 1.52 bits per heavy atom. The highest BCUT2D eigenvalue weighted by molar-refractivity contribution is 6.30. The van der Waals surface area contributed by atoms with E-state index in [1.807, 2.05) is 32.1 Å². The molecule has 21 heavy (non-hydrogen) atoms. The van der Waals surface area contributed by atoms with Gasteiger partial charge in [0.25, 0.3) is 0 Å². The molecule has 0 amide bonds. The summed E-state index contributed by atoms with van der Waals surface area (Å²) in [6.07, 6.45) is 11.7. The van der Waals surface area contributed by atoms with Gasteiger partial charge in [-0.15, -0.1) is 0 Å². The monoisotopic (exact) mass is 306 g/mol. The molecule has 0 saturated heterocycles. The lowest BCUT2D eigenvalue weighted by atomic mass is 10.0. The van der Waals surface area contributed by atoms with Gasteiger partial charge in [0.1, 0.15) is 11.0 Å². The minimum absolute atomic E-state index is 0.490. The van der Waals surface area contributed by atoms with Crippen molar-refractivity contribution >= 4 is 23.3 Å². The van der Waals surface area contributed by atoms with Crippen LogP contribution in [0.1, 0.15) is 57.6 Å². The van der Waals surface area contributed by atoms with E-state index in [0.717, 1.165) is 12.2 Å². The Morgan fingerprint density at radius 2 is 2.29 bits per heavy atom. The smallest absolute Gasteiger partial charge is 0.153 e. The molecule has 1 aromatic heterocycles. The number of nitrogens with one attached hydrogen (secondary N) is 2. The fourth-order valence-corrected chi connectivity index (χ4v) is 2.82. The minimum Gasteiger partial charge on any atom is -0.323 e. The van der Waals surface area contributed by atoms with Crippen molar-refractivity contribution in [3.8, 4) is 0 Å². The van der Waals surface area contributed by atoms with E-state index in [-0.39, 0.29) is 0 Å². The first-order valence-electron chi connectivity index (χ1n) is 7.62. The molecule has 1 aromatic rings. The lowest BCUT2D eigenvalue weighted by Crippen LogP contribution is -2.09. The van der Waals surface area contributed by atoms with Crippen LogP contribution in [-0.2, 0) is 0 Å². The number of H-pyrrole nitrogens is 1. The average Bonchev–Trinajstić information content (AvgIpc) is 3.09. The number of amidine groups is 1. The Morgan fingerprint density at radius 3 is 2.95 bits per heavy atom. The molecule has 1 heterocycles. The van der Waals surface area contributed by atoms with Gasteiger partial charge in [-0.05, 0) is 38.3 Å². The molecule has 0 aromatic carbocycles. The number of rotatable bonds is 5. The normalized spacial score (nSPS) is 17.9. The summed E-state index contributed by atoms with van der Waals surface area (Å²) in [5.41, 5.74) is 1.21. The molecule has 2 N–H and O–H groups in total. The molecule has 0 unspecified atom stereocenters. The first-order valence-corrected chi connectivity index (χ1v) is 8.00. The highest BCUT2D eigenvalue weighted by Gasteiger charge is 2.19. The zero-order valence-electron chi connectivity index (χ0n) is 12.7. The highest BCUT2D eigenvalue weighted by Crippen LogP contribution is 2.33. The summed E-state index contributed by atoms with van der Waals surface area (Å²) in [5.74, 6) is 2.10. The van der Waals surface area contributed by atoms with Crippen LogP contribution in [0.25, 0.3) is 0 Å². The topological polar surface area (TPSA) is 53.1 Å². The molecule has 5 heteroatoms. The number of hydrogen-bond donors (Lipinski definition) is 2. The van der Waals surface area contributed by atoms with Crippen LogP contribution in [0.3, 0.4) is 0 Å². The van der Waals surface area contributed by atoms with E-state index in [1.165, 1.54) is 31.4 Å². The molecule has 1 aliphatic carbocycles. The summed E-state index contributed by atoms with van der Waals surface area (Å²) in [5, 5.41) is 11.2. The van der Waals surface area contributed by atoms with Crippen LogP contribution in [0, 0.1) is 0 Å². The molecule has 0 aliphatic heterocycles. The van der Waals surface area contributed by atoms with E-state index < -0.39 is 0 Å². The second-order valence-corrected chi connectivity index (χ2v) is 5.63. The Hall–Kier alpha value is -1.55. The van der Waals surface area contributed by atoms with Gasteiger partial charge in [-0.3, -0.25) is 5.10 Å². The number of anilines is 1. The molecule has 2 rings (SSSR count). The lowest BCUT2D eigenvalue weighted by molar-refractivity contribution is 0.693. The van der Waals surface area contributed by atoms with E-state index in [2.05, 4.69) is 26.6 Å². The molecule has 0 atom stereocenters. The molecule has 1 saturated carbocycles. The summed E-state index contributed by atoms with van der Waals surface area (Å²) in [6.45, 7) is 3.98. The van der Waals surface area contributed by atoms with Gasteiger partial charge in [-0.2, -0.15) is 5.10 Å². The van der Waals surface area contributed by atoms with Gasteiger partial charge < -0.3 is 5.32 Å². The van der Waals surface area contributed by atoms with E-state index in [4.69, 9.17) is 11.6 Å². The predicted octanol–water partition coefficient (Wildman–Crippen LogP) is 4.94. The van der Waals surface area contributed by atoms with Gasteiger partial charge >= 0.3 is 0 Å². The summed E-state index contributed by atoms with van der Waals surface area (Å²) >= 11 is 6.06. The molecule has 0 bridgehead atoms. The van der Waals surface area contributed by atoms with Crippen LogP contribution in [-0.4, -0.2) is 16.0 Å². The van der Waals surface area contributed by atoms with Crippen LogP contribution in [0.4, 0.5) is 5.82 Å². The standard InChI is InChI=1S/C16H23ClN4/c1-3-7-14(17)18-15(8-4-2)19-16-11-13(20-21-16)12-9-5-6-10-12/h4,7-8,11-12H,3,5-6,9-10H2,1-2H3,(H2,18,19,20,21)/b8-4-,14-7+. The molecular formula is C16H23ClN4. The van der Waals surface area contributed by atoms with Crippen molar-refractivity contribution in [1.29, 1.82) is 0 Å². The van der Waals surface area contributed by atoms with Gasteiger partial charge in [-0.1, -0.05) is 37.4 Å². The number of nitrogens with zero attached hydrogens (tertiary/aromatic N) is 2. The summed E-state index contributed by atoms with van der Waals surface area (Å²) in [4.78, 5) is 4.35. The van der Waals surface area contributed by atoms with Crippen molar-refractivity contribution in [3.05, 3.63) is 35.1 Å². The fraction of sp³-hybridized carbons (Fsp3) is 0.500. The zero-order chi connectivity index (χ0) is 15.1. The summed E-state index contributed by atoms with van der Waals surface area (Å²) < 4.78 is 0. The third-order valence-electron chi connectivity index (χ3n) is 3.57. The van der Waals surface area contributed by atoms with Crippen molar-refractivity contribution in [1.82, 2.24) is 10.2 Å². The highest BCUT2D eigenvalue weighted by atomic mass is 35.5. The summed E-state index contributed by atoms with van der Waals surface area (Å²) in [7, 11) is 0. The Kier molecular flexibility index (Phi) is 6.05. The van der Waals surface area contributed by atoms with Crippen LogP contribution in [0.15, 0.2) is 34.4 Å². The van der Waals surface area contributed by atoms with Gasteiger partial charge in [0.15, 0.2) is 5.82 Å². The fourth-order valence-electron chi connectivity index (χ4n) is 2.57. The number of allylic oxidation sites excluding steroid dienone is 2. The molecule has 114 valence electrons. The van der Waals surface area contributed by atoms with E-state index in [9.17, 15) is 0 Å². The Labute approximate surface area is 131 Å². The second-order valence-electron chi connectivity index (χ2n) is 5.25. The maximum absolute atomic E-state index is 6.06. The van der Waals surface area contributed by atoms with Gasteiger partial charge in [0.2, 0.25) is 0 Å². The van der Waals surface area contributed by atoms with Crippen LogP contribution in [0.2, 0.25) is 0 Å². The molecule has 0 radical (unpaired) electrons. The van der Waals surface area contributed by atoms with Gasteiger partial charge in [-0.25, -0.2) is 4.99 Å². The third-order valence-corrected chi connectivity index (χ3v) is 3.81. The minimum atomic E-state index is 0.490. The van der Waals surface area contributed by atoms with Crippen molar-refractivity contribution in [2.45, 2.75) is 51.9 Å². The third kappa shape index (κ3) is 4.74. The largest absolute Gasteiger partial charge is 0.323 e.